The molecule has 0 fully saturated rings. The standard InChI is InChI=1S/C14H17N5O3/c1-8(2)12-15-14(18(4)17-12)16-13(20)11-7-10(19(21)22)6-5-9(11)3/h5-8H,1-4H3,(H,15,16,17,20). The molecule has 0 aliphatic heterocycles. The van der Waals surface area contributed by atoms with E-state index in [1.54, 1.807) is 20.0 Å². The van der Waals surface area contributed by atoms with E-state index >= 15 is 0 Å². The number of aryl methyl sites for hydroxylation is 2. The van der Waals surface area contributed by atoms with E-state index in [-0.39, 0.29) is 17.2 Å². The van der Waals surface area contributed by atoms with Crippen molar-refractivity contribution < 1.29 is 9.72 Å². The van der Waals surface area contributed by atoms with Gasteiger partial charge in [-0.3, -0.25) is 20.2 Å². The molecule has 22 heavy (non-hydrogen) atoms. The molecule has 0 unspecified atom stereocenters. The first-order chi connectivity index (χ1) is 10.3. The van der Waals surface area contributed by atoms with Crippen molar-refractivity contribution in [2.75, 3.05) is 5.32 Å². The highest BCUT2D eigenvalue weighted by Gasteiger charge is 2.18. The second-order valence-electron chi connectivity index (χ2n) is 5.28. The largest absolute Gasteiger partial charge is 0.291 e. The first kappa shape index (κ1) is 15.6. The van der Waals surface area contributed by atoms with Crippen LogP contribution in [0.25, 0.3) is 0 Å². The molecular formula is C14H17N5O3. The number of carbonyl (C=O) groups excluding carboxylic acids is 1. The van der Waals surface area contributed by atoms with Crippen LogP contribution >= 0.6 is 0 Å². The zero-order chi connectivity index (χ0) is 16.4. The lowest BCUT2D eigenvalue weighted by Gasteiger charge is -2.06. The van der Waals surface area contributed by atoms with E-state index in [0.29, 0.717) is 17.3 Å². The second kappa shape index (κ2) is 5.92. The lowest BCUT2D eigenvalue weighted by atomic mass is 10.1. The maximum atomic E-state index is 12.3. The maximum Gasteiger partial charge on any atom is 0.270 e. The smallest absolute Gasteiger partial charge is 0.270 e. The van der Waals surface area contributed by atoms with Gasteiger partial charge in [0.1, 0.15) is 0 Å². The number of carbonyl (C=O) groups is 1. The summed E-state index contributed by atoms with van der Waals surface area (Å²) in [6.45, 7) is 5.62. The van der Waals surface area contributed by atoms with Crippen molar-refractivity contribution in [2.45, 2.75) is 26.7 Å². The summed E-state index contributed by atoms with van der Waals surface area (Å²) in [6.07, 6.45) is 0. The molecule has 0 aliphatic carbocycles. The summed E-state index contributed by atoms with van der Waals surface area (Å²) >= 11 is 0. The van der Waals surface area contributed by atoms with Crippen molar-refractivity contribution in [3.63, 3.8) is 0 Å². The summed E-state index contributed by atoms with van der Waals surface area (Å²) < 4.78 is 1.47. The summed E-state index contributed by atoms with van der Waals surface area (Å²) in [5.41, 5.74) is 0.759. The molecule has 1 aromatic carbocycles. The molecule has 0 bridgehead atoms. The van der Waals surface area contributed by atoms with Crippen molar-refractivity contribution in [3.8, 4) is 0 Å². The Labute approximate surface area is 127 Å². The van der Waals surface area contributed by atoms with Crippen LogP contribution in [0.15, 0.2) is 18.2 Å². The highest BCUT2D eigenvalue weighted by Crippen LogP contribution is 2.19. The Morgan fingerprint density at radius 3 is 2.64 bits per heavy atom. The van der Waals surface area contributed by atoms with Crippen molar-refractivity contribution in [1.29, 1.82) is 0 Å². The van der Waals surface area contributed by atoms with Crippen LogP contribution in [-0.2, 0) is 7.05 Å². The number of rotatable bonds is 4. The summed E-state index contributed by atoms with van der Waals surface area (Å²) in [5.74, 6) is 0.608. The third-order valence-electron chi connectivity index (χ3n) is 3.20. The van der Waals surface area contributed by atoms with Crippen LogP contribution in [0.3, 0.4) is 0 Å². The molecule has 116 valence electrons. The molecule has 0 saturated heterocycles. The number of benzene rings is 1. The van der Waals surface area contributed by atoms with Crippen molar-refractivity contribution >= 4 is 17.5 Å². The highest BCUT2D eigenvalue weighted by atomic mass is 16.6. The second-order valence-corrected chi connectivity index (χ2v) is 5.28. The summed E-state index contributed by atoms with van der Waals surface area (Å²) in [5, 5.41) is 17.7. The Bertz CT molecular complexity index is 736. The average molecular weight is 303 g/mol. The number of nitro groups is 1. The van der Waals surface area contributed by atoms with Crippen LogP contribution in [-0.4, -0.2) is 25.6 Å². The van der Waals surface area contributed by atoms with E-state index in [1.807, 2.05) is 13.8 Å². The molecule has 0 saturated carbocycles. The van der Waals surface area contributed by atoms with Crippen LogP contribution < -0.4 is 5.32 Å². The Morgan fingerprint density at radius 2 is 2.09 bits per heavy atom. The normalized spacial score (nSPS) is 10.8. The minimum atomic E-state index is -0.532. The van der Waals surface area contributed by atoms with E-state index in [4.69, 9.17) is 0 Å². The number of anilines is 1. The lowest BCUT2D eigenvalue weighted by Crippen LogP contribution is -2.16. The minimum Gasteiger partial charge on any atom is -0.291 e. The summed E-state index contributed by atoms with van der Waals surface area (Å²) in [6, 6.07) is 4.17. The first-order valence-corrected chi connectivity index (χ1v) is 6.77. The number of nitrogens with one attached hydrogen (secondary N) is 1. The SMILES string of the molecule is Cc1ccc([N+](=O)[O-])cc1C(=O)Nc1nc(C(C)C)nn1C. The minimum absolute atomic E-state index is 0.128. The Kier molecular flexibility index (Phi) is 4.20. The van der Waals surface area contributed by atoms with Crippen LogP contribution in [0.5, 0.6) is 0 Å². The molecule has 0 radical (unpaired) electrons. The fourth-order valence-electron chi connectivity index (χ4n) is 1.89. The molecule has 1 heterocycles. The van der Waals surface area contributed by atoms with Gasteiger partial charge >= 0.3 is 0 Å². The third kappa shape index (κ3) is 3.11. The predicted molar refractivity (Wildman–Crippen MR) is 80.9 cm³/mol. The van der Waals surface area contributed by atoms with Crippen LogP contribution in [0, 0.1) is 17.0 Å². The van der Waals surface area contributed by atoms with Gasteiger partial charge in [0.15, 0.2) is 5.82 Å². The number of non-ortho nitro benzene ring substituents is 1. The zero-order valence-electron chi connectivity index (χ0n) is 12.8. The predicted octanol–water partition coefficient (Wildman–Crippen LogP) is 2.41. The van der Waals surface area contributed by atoms with Gasteiger partial charge in [-0.05, 0) is 12.5 Å². The Morgan fingerprint density at radius 1 is 1.41 bits per heavy atom. The average Bonchev–Trinajstić information content (AvgIpc) is 2.80. The van der Waals surface area contributed by atoms with Crippen molar-refractivity contribution in [2.24, 2.45) is 7.05 Å². The quantitative estimate of drug-likeness (QED) is 0.690. The van der Waals surface area contributed by atoms with Crippen LogP contribution in [0.4, 0.5) is 11.6 Å². The van der Waals surface area contributed by atoms with Crippen molar-refractivity contribution in [3.05, 3.63) is 45.3 Å². The molecule has 2 aromatic rings. The van der Waals surface area contributed by atoms with Gasteiger partial charge in [-0.2, -0.15) is 10.1 Å². The molecule has 0 spiro atoms. The first-order valence-electron chi connectivity index (χ1n) is 6.77. The van der Waals surface area contributed by atoms with E-state index in [1.165, 1.54) is 16.8 Å². The topological polar surface area (TPSA) is 103 Å². The third-order valence-corrected chi connectivity index (χ3v) is 3.20. The van der Waals surface area contributed by atoms with Gasteiger partial charge in [0, 0.05) is 30.7 Å². The zero-order valence-corrected chi connectivity index (χ0v) is 12.8. The molecule has 1 amide bonds. The molecule has 8 heteroatoms. The Hall–Kier alpha value is -2.77. The van der Waals surface area contributed by atoms with Gasteiger partial charge in [-0.1, -0.05) is 19.9 Å². The molecule has 8 nitrogen and oxygen atoms in total. The summed E-state index contributed by atoms with van der Waals surface area (Å²) in [7, 11) is 1.68. The molecule has 1 aromatic heterocycles. The monoisotopic (exact) mass is 303 g/mol. The van der Waals surface area contributed by atoms with Crippen LogP contribution in [0.1, 0.15) is 41.5 Å². The number of aromatic nitrogens is 3. The van der Waals surface area contributed by atoms with Gasteiger partial charge in [-0.15, -0.1) is 0 Å². The van der Waals surface area contributed by atoms with Gasteiger partial charge < -0.3 is 0 Å². The number of hydrogen-bond donors (Lipinski definition) is 1. The fourth-order valence-corrected chi connectivity index (χ4v) is 1.89. The summed E-state index contributed by atoms with van der Waals surface area (Å²) in [4.78, 5) is 26.9. The lowest BCUT2D eigenvalue weighted by molar-refractivity contribution is -0.384. The fraction of sp³-hybridized carbons (Fsp3) is 0.357. The van der Waals surface area contributed by atoms with Gasteiger partial charge in [0.05, 0.1) is 4.92 Å². The Balaban J connectivity index is 2.29. The maximum absolute atomic E-state index is 12.3. The van der Waals surface area contributed by atoms with E-state index in [2.05, 4.69) is 15.4 Å². The molecule has 0 atom stereocenters. The van der Waals surface area contributed by atoms with Gasteiger partial charge in [0.2, 0.25) is 5.95 Å². The van der Waals surface area contributed by atoms with Gasteiger partial charge in [0.25, 0.3) is 11.6 Å². The highest BCUT2D eigenvalue weighted by molar-refractivity contribution is 6.04. The molecule has 1 N–H and O–H groups in total. The van der Waals surface area contributed by atoms with E-state index in [9.17, 15) is 14.9 Å². The molecular weight excluding hydrogens is 286 g/mol. The van der Waals surface area contributed by atoms with E-state index < -0.39 is 10.8 Å². The van der Waals surface area contributed by atoms with Crippen molar-refractivity contribution in [1.82, 2.24) is 14.8 Å². The van der Waals surface area contributed by atoms with E-state index in [0.717, 1.165) is 0 Å². The molecule has 0 aliphatic rings. The van der Waals surface area contributed by atoms with Crippen LogP contribution in [0.2, 0.25) is 0 Å². The number of nitro benzene ring substituents is 1. The van der Waals surface area contributed by atoms with Gasteiger partial charge in [-0.25, -0.2) is 4.68 Å². The molecule has 2 rings (SSSR count). The number of amides is 1. The number of hydrogen-bond acceptors (Lipinski definition) is 5. The number of nitrogens with zero attached hydrogens (tertiary/aromatic N) is 4.